The second kappa shape index (κ2) is 4.61. The van der Waals surface area contributed by atoms with E-state index in [1.54, 1.807) is 12.1 Å². The summed E-state index contributed by atoms with van der Waals surface area (Å²) in [7, 11) is 0. The Morgan fingerprint density at radius 3 is 2.78 bits per heavy atom. The van der Waals surface area contributed by atoms with Crippen molar-refractivity contribution in [1.29, 1.82) is 0 Å². The first kappa shape index (κ1) is 13.4. The molecule has 4 rings (SSSR count). The smallest absolute Gasteiger partial charge is 0.201 e. The van der Waals surface area contributed by atoms with Gasteiger partial charge in [-0.25, -0.2) is 4.98 Å². The summed E-state index contributed by atoms with van der Waals surface area (Å²) in [5, 5.41) is 19.7. The quantitative estimate of drug-likeness (QED) is 0.469. The predicted molar refractivity (Wildman–Crippen MR) is 85.6 cm³/mol. The number of hydrogen-bond acceptors (Lipinski definition) is 5. The second-order valence-electron chi connectivity index (χ2n) is 5.34. The van der Waals surface area contributed by atoms with Gasteiger partial charge in [0.05, 0.1) is 16.4 Å². The molecule has 0 aliphatic rings. The summed E-state index contributed by atoms with van der Waals surface area (Å²) in [5.74, 6) is 0.306. The van der Waals surface area contributed by atoms with Gasteiger partial charge in [-0.1, -0.05) is 0 Å². The standard InChI is InChI=1S/C17H12N2O4/c1-8-18-11-4-2-9(6-12(11)19-8)15-7-14(21)10-3-5-13(20)16(22)17(10)23-15/h2-7,20,22H,1H3,(H,18,19). The fourth-order valence-electron chi connectivity index (χ4n) is 2.62. The largest absolute Gasteiger partial charge is 0.504 e. The Kier molecular flexibility index (Phi) is 2.68. The van der Waals surface area contributed by atoms with Crippen LogP contribution in [0.5, 0.6) is 11.5 Å². The van der Waals surface area contributed by atoms with Gasteiger partial charge in [-0.2, -0.15) is 0 Å². The number of aromatic nitrogens is 2. The summed E-state index contributed by atoms with van der Waals surface area (Å²) in [5.41, 5.74) is 1.96. The molecule has 2 heterocycles. The summed E-state index contributed by atoms with van der Waals surface area (Å²) in [6.07, 6.45) is 0. The van der Waals surface area contributed by atoms with Crippen molar-refractivity contribution in [3.8, 4) is 22.8 Å². The number of aromatic amines is 1. The minimum Gasteiger partial charge on any atom is -0.504 e. The zero-order valence-electron chi connectivity index (χ0n) is 12.1. The minimum atomic E-state index is -0.446. The molecule has 6 heteroatoms. The van der Waals surface area contributed by atoms with Crippen LogP contribution in [0.2, 0.25) is 0 Å². The Labute approximate surface area is 129 Å². The van der Waals surface area contributed by atoms with Gasteiger partial charge in [0, 0.05) is 11.6 Å². The van der Waals surface area contributed by atoms with E-state index < -0.39 is 5.75 Å². The first-order chi connectivity index (χ1) is 11.0. The van der Waals surface area contributed by atoms with Crippen molar-refractivity contribution in [2.24, 2.45) is 0 Å². The third kappa shape index (κ3) is 2.03. The molecule has 0 aliphatic heterocycles. The van der Waals surface area contributed by atoms with Gasteiger partial charge < -0.3 is 19.6 Å². The number of rotatable bonds is 1. The number of fused-ring (bicyclic) bond motifs is 2. The molecule has 2 aromatic carbocycles. The van der Waals surface area contributed by atoms with E-state index in [1.165, 1.54) is 18.2 Å². The summed E-state index contributed by atoms with van der Waals surface area (Å²) < 4.78 is 5.65. The van der Waals surface area contributed by atoms with Crippen molar-refractivity contribution < 1.29 is 14.6 Å². The molecule has 0 spiro atoms. The van der Waals surface area contributed by atoms with E-state index in [9.17, 15) is 15.0 Å². The molecular weight excluding hydrogens is 296 g/mol. The molecule has 0 saturated carbocycles. The van der Waals surface area contributed by atoms with Gasteiger partial charge in [0.2, 0.25) is 5.75 Å². The number of nitrogens with zero attached hydrogens (tertiary/aromatic N) is 1. The van der Waals surface area contributed by atoms with Crippen molar-refractivity contribution in [3.63, 3.8) is 0 Å². The maximum Gasteiger partial charge on any atom is 0.201 e. The van der Waals surface area contributed by atoms with Crippen molar-refractivity contribution in [2.45, 2.75) is 6.92 Å². The van der Waals surface area contributed by atoms with Crippen LogP contribution in [0.15, 0.2) is 45.6 Å². The molecule has 3 N–H and O–H groups in total. The highest BCUT2D eigenvalue weighted by Gasteiger charge is 2.14. The summed E-state index contributed by atoms with van der Waals surface area (Å²) in [6.45, 7) is 1.86. The summed E-state index contributed by atoms with van der Waals surface area (Å²) in [4.78, 5) is 19.7. The van der Waals surface area contributed by atoms with E-state index in [0.29, 0.717) is 11.3 Å². The number of phenolic OH excluding ortho intramolecular Hbond substituents is 2. The van der Waals surface area contributed by atoms with Gasteiger partial charge in [-0.3, -0.25) is 4.79 Å². The molecule has 6 nitrogen and oxygen atoms in total. The molecule has 0 amide bonds. The molecule has 2 aromatic heterocycles. The predicted octanol–water partition coefficient (Wildman–Crippen LogP) is 3.06. The molecule has 0 saturated heterocycles. The molecule has 23 heavy (non-hydrogen) atoms. The van der Waals surface area contributed by atoms with Crippen molar-refractivity contribution >= 4 is 22.0 Å². The summed E-state index contributed by atoms with van der Waals surface area (Å²) in [6, 6.07) is 9.47. The molecule has 114 valence electrons. The second-order valence-corrected chi connectivity index (χ2v) is 5.34. The van der Waals surface area contributed by atoms with Crippen LogP contribution in [0.3, 0.4) is 0 Å². The zero-order chi connectivity index (χ0) is 16.1. The highest BCUT2D eigenvalue weighted by atomic mass is 16.4. The number of phenols is 2. The number of benzene rings is 2. The number of nitrogens with one attached hydrogen (secondary N) is 1. The minimum absolute atomic E-state index is 0.0363. The molecule has 0 radical (unpaired) electrons. The van der Waals surface area contributed by atoms with E-state index in [1.807, 2.05) is 13.0 Å². The SMILES string of the molecule is Cc1nc2cc(-c3cc(=O)c4ccc(O)c(O)c4o3)ccc2[nH]1. The summed E-state index contributed by atoms with van der Waals surface area (Å²) >= 11 is 0. The number of imidazole rings is 1. The van der Waals surface area contributed by atoms with Crippen LogP contribution in [0.25, 0.3) is 33.3 Å². The van der Waals surface area contributed by atoms with Crippen LogP contribution in [-0.2, 0) is 0 Å². The maximum absolute atomic E-state index is 12.2. The Balaban J connectivity index is 2.00. The molecule has 4 aromatic rings. The van der Waals surface area contributed by atoms with Crippen LogP contribution >= 0.6 is 0 Å². The van der Waals surface area contributed by atoms with Crippen LogP contribution in [0.4, 0.5) is 0 Å². The number of hydrogen-bond donors (Lipinski definition) is 3. The van der Waals surface area contributed by atoms with Gasteiger partial charge in [0.15, 0.2) is 16.8 Å². The third-order valence-electron chi connectivity index (χ3n) is 3.74. The Bertz CT molecular complexity index is 1120. The number of aromatic hydroxyl groups is 2. The van der Waals surface area contributed by atoms with Gasteiger partial charge in [0.25, 0.3) is 0 Å². The lowest BCUT2D eigenvalue weighted by atomic mass is 10.1. The van der Waals surface area contributed by atoms with Crippen LogP contribution in [0, 0.1) is 6.92 Å². The Morgan fingerprint density at radius 1 is 1.13 bits per heavy atom. The first-order valence-corrected chi connectivity index (χ1v) is 6.98. The monoisotopic (exact) mass is 308 g/mol. The van der Waals surface area contributed by atoms with Crippen molar-refractivity contribution in [3.05, 3.63) is 52.4 Å². The molecule has 0 atom stereocenters. The maximum atomic E-state index is 12.2. The van der Waals surface area contributed by atoms with E-state index in [0.717, 1.165) is 16.9 Å². The van der Waals surface area contributed by atoms with E-state index in [-0.39, 0.29) is 22.1 Å². The van der Waals surface area contributed by atoms with Crippen LogP contribution in [-0.4, -0.2) is 20.2 Å². The van der Waals surface area contributed by atoms with Gasteiger partial charge in [-0.05, 0) is 37.3 Å². The molecule has 0 unspecified atom stereocenters. The number of aryl methyl sites for hydroxylation is 1. The van der Waals surface area contributed by atoms with Crippen molar-refractivity contribution in [2.75, 3.05) is 0 Å². The normalized spacial score (nSPS) is 11.3. The van der Waals surface area contributed by atoms with E-state index in [2.05, 4.69) is 9.97 Å². The molecule has 0 fully saturated rings. The highest BCUT2D eigenvalue weighted by Crippen LogP contribution is 2.34. The molecule has 0 bridgehead atoms. The lowest BCUT2D eigenvalue weighted by Gasteiger charge is -2.05. The Morgan fingerprint density at radius 2 is 1.96 bits per heavy atom. The van der Waals surface area contributed by atoms with Gasteiger partial charge in [0.1, 0.15) is 11.6 Å². The highest BCUT2D eigenvalue weighted by molar-refractivity contribution is 5.87. The van der Waals surface area contributed by atoms with Crippen molar-refractivity contribution in [1.82, 2.24) is 9.97 Å². The van der Waals surface area contributed by atoms with E-state index >= 15 is 0 Å². The average molecular weight is 308 g/mol. The fraction of sp³-hybridized carbons (Fsp3) is 0.0588. The van der Waals surface area contributed by atoms with Crippen LogP contribution in [0.1, 0.15) is 5.82 Å². The van der Waals surface area contributed by atoms with Crippen LogP contribution < -0.4 is 5.43 Å². The first-order valence-electron chi connectivity index (χ1n) is 6.98. The number of H-pyrrole nitrogens is 1. The van der Waals surface area contributed by atoms with Gasteiger partial charge in [-0.15, -0.1) is 0 Å². The van der Waals surface area contributed by atoms with E-state index in [4.69, 9.17) is 4.42 Å². The third-order valence-corrected chi connectivity index (χ3v) is 3.74. The fourth-order valence-corrected chi connectivity index (χ4v) is 2.62. The average Bonchev–Trinajstić information content (AvgIpc) is 2.90. The topological polar surface area (TPSA) is 99.3 Å². The lowest BCUT2D eigenvalue weighted by Crippen LogP contribution is -2.00. The lowest BCUT2D eigenvalue weighted by molar-refractivity contribution is 0.400. The molecule has 0 aliphatic carbocycles. The zero-order valence-corrected chi connectivity index (χ0v) is 12.1. The Hall–Kier alpha value is -3.28. The van der Waals surface area contributed by atoms with Gasteiger partial charge >= 0.3 is 0 Å². The molecular formula is C17H12N2O4.